The predicted molar refractivity (Wildman–Crippen MR) is 68.6 cm³/mol. The number of nitrogens with two attached hydrogens (primary N) is 1. The Hall–Kier alpha value is -2.34. The Morgan fingerprint density at radius 2 is 1.70 bits per heavy atom. The molecule has 2 aromatic rings. The first-order chi connectivity index (χ1) is 9.52. The SMILES string of the molecule is NCc1ccc(NC(=O)c2c(F)cccc2F)c(F)c1. The number of anilines is 1. The maximum absolute atomic E-state index is 13.7. The summed E-state index contributed by atoms with van der Waals surface area (Å²) in [4.78, 5) is 11.8. The first kappa shape index (κ1) is 14.1. The van der Waals surface area contributed by atoms with Crippen LogP contribution >= 0.6 is 0 Å². The zero-order valence-electron chi connectivity index (χ0n) is 10.3. The van der Waals surface area contributed by atoms with E-state index >= 15 is 0 Å². The quantitative estimate of drug-likeness (QED) is 0.908. The molecule has 0 aliphatic carbocycles. The van der Waals surface area contributed by atoms with Crippen LogP contribution in [0.2, 0.25) is 0 Å². The summed E-state index contributed by atoms with van der Waals surface area (Å²) in [6.07, 6.45) is 0. The van der Waals surface area contributed by atoms with Crippen molar-refractivity contribution in [2.24, 2.45) is 5.73 Å². The lowest BCUT2D eigenvalue weighted by Gasteiger charge is -2.09. The van der Waals surface area contributed by atoms with E-state index in [1.807, 2.05) is 0 Å². The van der Waals surface area contributed by atoms with Gasteiger partial charge in [-0.2, -0.15) is 0 Å². The van der Waals surface area contributed by atoms with Gasteiger partial charge in [0.2, 0.25) is 0 Å². The molecule has 0 spiro atoms. The second-order valence-corrected chi connectivity index (χ2v) is 4.07. The van der Waals surface area contributed by atoms with Gasteiger partial charge in [-0.25, -0.2) is 13.2 Å². The highest BCUT2D eigenvalue weighted by Gasteiger charge is 2.18. The van der Waals surface area contributed by atoms with Gasteiger partial charge >= 0.3 is 0 Å². The van der Waals surface area contributed by atoms with Gasteiger partial charge in [-0.1, -0.05) is 12.1 Å². The van der Waals surface area contributed by atoms with Crippen LogP contribution in [-0.4, -0.2) is 5.91 Å². The topological polar surface area (TPSA) is 55.1 Å². The molecule has 20 heavy (non-hydrogen) atoms. The van der Waals surface area contributed by atoms with Gasteiger partial charge in [-0.05, 0) is 29.8 Å². The molecule has 0 saturated heterocycles. The maximum Gasteiger partial charge on any atom is 0.261 e. The van der Waals surface area contributed by atoms with Crippen molar-refractivity contribution in [3.8, 4) is 0 Å². The molecule has 3 nitrogen and oxygen atoms in total. The summed E-state index contributed by atoms with van der Waals surface area (Å²) < 4.78 is 40.5. The van der Waals surface area contributed by atoms with Crippen molar-refractivity contribution in [1.82, 2.24) is 0 Å². The molecular weight excluding hydrogens is 269 g/mol. The third kappa shape index (κ3) is 2.80. The van der Waals surface area contributed by atoms with E-state index in [1.165, 1.54) is 12.1 Å². The summed E-state index contributed by atoms with van der Waals surface area (Å²) in [7, 11) is 0. The summed E-state index contributed by atoms with van der Waals surface area (Å²) in [5, 5.41) is 2.12. The first-order valence-electron chi connectivity index (χ1n) is 5.76. The van der Waals surface area contributed by atoms with Crippen LogP contribution in [0.25, 0.3) is 0 Å². The van der Waals surface area contributed by atoms with Crippen molar-refractivity contribution < 1.29 is 18.0 Å². The van der Waals surface area contributed by atoms with E-state index in [9.17, 15) is 18.0 Å². The molecule has 0 aliphatic rings. The molecule has 0 heterocycles. The molecule has 3 N–H and O–H groups in total. The standard InChI is InChI=1S/C14H11F3N2O/c15-9-2-1-3-10(16)13(9)14(20)19-12-5-4-8(7-18)6-11(12)17/h1-6H,7,18H2,(H,19,20). The van der Waals surface area contributed by atoms with Crippen LogP contribution < -0.4 is 11.1 Å². The highest BCUT2D eigenvalue weighted by atomic mass is 19.1. The number of amides is 1. The number of halogens is 3. The third-order valence-electron chi connectivity index (χ3n) is 2.71. The number of hydrogen-bond donors (Lipinski definition) is 2. The minimum Gasteiger partial charge on any atom is -0.326 e. The van der Waals surface area contributed by atoms with E-state index < -0.39 is 28.9 Å². The second kappa shape index (κ2) is 5.75. The summed E-state index contributed by atoms with van der Waals surface area (Å²) in [5.41, 5.74) is 4.96. The van der Waals surface area contributed by atoms with Gasteiger partial charge in [0.15, 0.2) is 0 Å². The van der Waals surface area contributed by atoms with Crippen molar-refractivity contribution in [3.05, 3.63) is 65.0 Å². The lowest BCUT2D eigenvalue weighted by atomic mass is 10.1. The average Bonchev–Trinajstić information content (AvgIpc) is 2.41. The van der Waals surface area contributed by atoms with Crippen molar-refractivity contribution in [1.29, 1.82) is 0 Å². The minimum absolute atomic E-state index is 0.146. The highest BCUT2D eigenvalue weighted by molar-refractivity contribution is 6.04. The Kier molecular flexibility index (Phi) is 4.05. The summed E-state index contributed by atoms with van der Waals surface area (Å²) in [6, 6.07) is 6.98. The number of carbonyl (C=O) groups is 1. The van der Waals surface area contributed by atoms with E-state index in [0.717, 1.165) is 24.3 Å². The fourth-order valence-electron chi connectivity index (χ4n) is 1.69. The smallest absolute Gasteiger partial charge is 0.261 e. The number of rotatable bonds is 3. The van der Waals surface area contributed by atoms with Gasteiger partial charge in [-0.3, -0.25) is 4.79 Å². The zero-order valence-corrected chi connectivity index (χ0v) is 10.3. The summed E-state index contributed by atoms with van der Waals surface area (Å²) in [5.74, 6) is -3.80. The monoisotopic (exact) mass is 280 g/mol. The maximum atomic E-state index is 13.7. The fourth-order valence-corrected chi connectivity index (χ4v) is 1.69. The molecule has 0 aromatic heterocycles. The van der Waals surface area contributed by atoms with Crippen LogP contribution in [0.15, 0.2) is 36.4 Å². The zero-order chi connectivity index (χ0) is 14.7. The summed E-state index contributed by atoms with van der Waals surface area (Å²) >= 11 is 0. The van der Waals surface area contributed by atoms with E-state index in [4.69, 9.17) is 5.73 Å². The van der Waals surface area contributed by atoms with Crippen molar-refractivity contribution >= 4 is 11.6 Å². The Morgan fingerprint density at radius 3 is 2.25 bits per heavy atom. The van der Waals surface area contributed by atoms with Gasteiger partial charge in [0.25, 0.3) is 5.91 Å². The molecule has 2 aromatic carbocycles. The van der Waals surface area contributed by atoms with Crippen LogP contribution in [0.5, 0.6) is 0 Å². The van der Waals surface area contributed by atoms with E-state index in [2.05, 4.69) is 5.32 Å². The van der Waals surface area contributed by atoms with Crippen LogP contribution in [-0.2, 0) is 6.54 Å². The third-order valence-corrected chi connectivity index (χ3v) is 2.71. The van der Waals surface area contributed by atoms with E-state index in [-0.39, 0.29) is 12.2 Å². The molecule has 1 amide bonds. The molecule has 0 saturated carbocycles. The molecular formula is C14H11F3N2O. The van der Waals surface area contributed by atoms with E-state index in [1.54, 1.807) is 0 Å². The molecule has 0 bridgehead atoms. The number of benzene rings is 2. The first-order valence-corrected chi connectivity index (χ1v) is 5.76. The molecule has 6 heteroatoms. The van der Waals surface area contributed by atoms with Gasteiger partial charge in [-0.15, -0.1) is 0 Å². The lowest BCUT2D eigenvalue weighted by Crippen LogP contribution is -2.16. The van der Waals surface area contributed by atoms with E-state index in [0.29, 0.717) is 5.56 Å². The molecule has 104 valence electrons. The second-order valence-electron chi connectivity index (χ2n) is 4.07. The van der Waals surface area contributed by atoms with Crippen LogP contribution in [0.3, 0.4) is 0 Å². The van der Waals surface area contributed by atoms with Crippen molar-refractivity contribution in [3.63, 3.8) is 0 Å². The molecule has 2 rings (SSSR count). The van der Waals surface area contributed by atoms with Gasteiger partial charge in [0, 0.05) is 6.54 Å². The predicted octanol–water partition coefficient (Wildman–Crippen LogP) is 2.81. The Bertz CT molecular complexity index is 639. The molecule has 0 fully saturated rings. The molecule has 0 atom stereocenters. The normalized spacial score (nSPS) is 10.4. The molecule has 0 aliphatic heterocycles. The van der Waals surface area contributed by atoms with Crippen LogP contribution in [0, 0.1) is 17.5 Å². The van der Waals surface area contributed by atoms with Crippen LogP contribution in [0.4, 0.5) is 18.9 Å². The van der Waals surface area contributed by atoms with Gasteiger partial charge < -0.3 is 11.1 Å². The number of carbonyl (C=O) groups excluding carboxylic acids is 1. The molecule has 0 unspecified atom stereocenters. The van der Waals surface area contributed by atoms with Crippen molar-refractivity contribution in [2.45, 2.75) is 6.54 Å². The van der Waals surface area contributed by atoms with Crippen LogP contribution in [0.1, 0.15) is 15.9 Å². The number of nitrogens with one attached hydrogen (secondary N) is 1. The Labute approximate surface area is 113 Å². The molecule has 0 radical (unpaired) electrons. The van der Waals surface area contributed by atoms with Crippen molar-refractivity contribution in [2.75, 3.05) is 5.32 Å². The number of hydrogen-bond acceptors (Lipinski definition) is 2. The highest BCUT2D eigenvalue weighted by Crippen LogP contribution is 2.19. The Balaban J connectivity index is 2.28. The largest absolute Gasteiger partial charge is 0.326 e. The summed E-state index contributed by atoms with van der Waals surface area (Å²) in [6.45, 7) is 0.146. The Morgan fingerprint density at radius 1 is 1.05 bits per heavy atom. The minimum atomic E-state index is -1.06. The average molecular weight is 280 g/mol. The van der Waals surface area contributed by atoms with Gasteiger partial charge in [0.05, 0.1) is 5.69 Å². The lowest BCUT2D eigenvalue weighted by molar-refractivity contribution is 0.101. The fraction of sp³-hybridized carbons (Fsp3) is 0.0714. The van der Waals surface area contributed by atoms with Gasteiger partial charge in [0.1, 0.15) is 23.0 Å².